The third kappa shape index (κ3) is 4.28. The van der Waals surface area contributed by atoms with Crippen molar-refractivity contribution in [3.8, 4) is 0 Å². The van der Waals surface area contributed by atoms with E-state index in [2.05, 4.69) is 12.2 Å². The lowest BCUT2D eigenvalue weighted by Crippen LogP contribution is -2.58. The molecule has 0 saturated heterocycles. The number of carbonyl (C=O) groups is 1. The van der Waals surface area contributed by atoms with Crippen LogP contribution in [-0.4, -0.2) is 24.0 Å². The lowest BCUT2D eigenvalue weighted by Gasteiger charge is -2.33. The minimum absolute atomic E-state index is 0.00348. The summed E-state index contributed by atoms with van der Waals surface area (Å²) in [6.07, 6.45) is 8.11. The van der Waals surface area contributed by atoms with Gasteiger partial charge in [-0.15, -0.1) is 0 Å². The monoisotopic (exact) mass is 241 g/mol. The molecule has 0 aromatic heterocycles. The minimum atomic E-state index is -0.641. The van der Waals surface area contributed by atoms with Crippen LogP contribution in [0.4, 0.5) is 0 Å². The number of unbranched alkanes of at least 4 members (excludes halogenated alkanes) is 1. The summed E-state index contributed by atoms with van der Waals surface area (Å²) in [6, 6.07) is 0.0878. The van der Waals surface area contributed by atoms with E-state index in [1.165, 1.54) is 6.42 Å². The second-order valence-corrected chi connectivity index (χ2v) is 5.27. The molecule has 1 saturated carbocycles. The molecule has 1 aliphatic carbocycles. The Bertz CT molecular complexity index is 237. The Morgan fingerprint density at radius 1 is 1.35 bits per heavy atom. The molecule has 0 radical (unpaired) electrons. The fraction of sp³-hybridized carbons (Fsp3) is 0.923. The van der Waals surface area contributed by atoms with E-state index in [4.69, 9.17) is 11.5 Å². The normalized spacial score (nSPS) is 20.9. The second-order valence-electron chi connectivity index (χ2n) is 5.27. The van der Waals surface area contributed by atoms with Crippen molar-refractivity contribution < 1.29 is 4.79 Å². The van der Waals surface area contributed by atoms with Gasteiger partial charge in [0, 0.05) is 12.6 Å². The van der Waals surface area contributed by atoms with Crippen LogP contribution in [-0.2, 0) is 4.79 Å². The van der Waals surface area contributed by atoms with Crippen molar-refractivity contribution in [1.29, 1.82) is 0 Å². The van der Waals surface area contributed by atoms with Crippen LogP contribution in [0.25, 0.3) is 0 Å². The van der Waals surface area contributed by atoms with Crippen LogP contribution in [0, 0.1) is 0 Å². The standard InChI is InChI=1S/C13H27N3O/c1-2-3-7-11(10-14)16-12(17)13(15)8-5-4-6-9-13/h11H,2-10,14-15H2,1H3,(H,16,17). The fourth-order valence-corrected chi connectivity index (χ4v) is 2.44. The van der Waals surface area contributed by atoms with Gasteiger partial charge in [0.05, 0.1) is 5.54 Å². The van der Waals surface area contributed by atoms with Crippen molar-refractivity contribution in [2.75, 3.05) is 6.54 Å². The average molecular weight is 241 g/mol. The van der Waals surface area contributed by atoms with E-state index in [1.807, 2.05) is 0 Å². The van der Waals surface area contributed by atoms with Crippen molar-refractivity contribution >= 4 is 5.91 Å². The predicted octanol–water partition coefficient (Wildman–Crippen LogP) is 1.28. The van der Waals surface area contributed by atoms with Crippen molar-refractivity contribution in [2.24, 2.45) is 11.5 Å². The molecule has 0 aliphatic heterocycles. The number of amides is 1. The number of rotatable bonds is 6. The molecule has 0 heterocycles. The van der Waals surface area contributed by atoms with Gasteiger partial charge in [0.15, 0.2) is 0 Å². The van der Waals surface area contributed by atoms with Crippen LogP contribution in [0.15, 0.2) is 0 Å². The minimum Gasteiger partial charge on any atom is -0.351 e. The summed E-state index contributed by atoms with van der Waals surface area (Å²) >= 11 is 0. The Kier molecular flexibility index (Phi) is 5.92. The Morgan fingerprint density at radius 3 is 2.53 bits per heavy atom. The zero-order valence-electron chi connectivity index (χ0n) is 11.0. The molecule has 1 rings (SSSR count). The van der Waals surface area contributed by atoms with E-state index >= 15 is 0 Å². The highest BCUT2D eigenvalue weighted by Gasteiger charge is 2.35. The van der Waals surface area contributed by atoms with Crippen LogP contribution in [0.5, 0.6) is 0 Å². The fourth-order valence-electron chi connectivity index (χ4n) is 2.44. The van der Waals surface area contributed by atoms with E-state index in [-0.39, 0.29) is 11.9 Å². The molecule has 17 heavy (non-hydrogen) atoms. The maximum absolute atomic E-state index is 12.2. The van der Waals surface area contributed by atoms with Crippen LogP contribution >= 0.6 is 0 Å². The first-order valence-corrected chi connectivity index (χ1v) is 6.92. The molecule has 5 N–H and O–H groups in total. The molecule has 0 bridgehead atoms. The van der Waals surface area contributed by atoms with E-state index < -0.39 is 5.54 Å². The van der Waals surface area contributed by atoms with Gasteiger partial charge in [-0.1, -0.05) is 39.0 Å². The SMILES string of the molecule is CCCCC(CN)NC(=O)C1(N)CCCCC1. The van der Waals surface area contributed by atoms with Crippen LogP contribution in [0.2, 0.25) is 0 Å². The maximum Gasteiger partial charge on any atom is 0.240 e. The Hall–Kier alpha value is -0.610. The molecule has 4 heteroatoms. The summed E-state index contributed by atoms with van der Waals surface area (Å²) < 4.78 is 0. The molecule has 1 amide bonds. The summed E-state index contributed by atoms with van der Waals surface area (Å²) in [5, 5.41) is 3.02. The van der Waals surface area contributed by atoms with Gasteiger partial charge in [-0.3, -0.25) is 4.79 Å². The summed E-state index contributed by atoms with van der Waals surface area (Å²) in [5.41, 5.74) is 11.2. The molecule has 1 atom stereocenters. The van der Waals surface area contributed by atoms with Crippen LogP contribution in [0.1, 0.15) is 58.3 Å². The molecular formula is C13H27N3O. The maximum atomic E-state index is 12.2. The van der Waals surface area contributed by atoms with Gasteiger partial charge in [0.25, 0.3) is 0 Å². The molecule has 4 nitrogen and oxygen atoms in total. The van der Waals surface area contributed by atoms with E-state index in [1.54, 1.807) is 0 Å². The smallest absolute Gasteiger partial charge is 0.240 e. The highest BCUT2D eigenvalue weighted by molar-refractivity contribution is 5.86. The molecule has 0 spiro atoms. The van der Waals surface area contributed by atoms with Gasteiger partial charge in [-0.2, -0.15) is 0 Å². The molecule has 100 valence electrons. The molecule has 1 fully saturated rings. The van der Waals surface area contributed by atoms with Gasteiger partial charge in [-0.25, -0.2) is 0 Å². The van der Waals surface area contributed by atoms with Gasteiger partial charge in [0.2, 0.25) is 5.91 Å². The molecule has 0 aromatic carbocycles. The van der Waals surface area contributed by atoms with E-state index in [0.29, 0.717) is 6.54 Å². The van der Waals surface area contributed by atoms with E-state index in [0.717, 1.165) is 44.9 Å². The largest absolute Gasteiger partial charge is 0.351 e. The first-order chi connectivity index (χ1) is 8.12. The molecular weight excluding hydrogens is 214 g/mol. The molecule has 1 aliphatic rings. The second kappa shape index (κ2) is 6.97. The van der Waals surface area contributed by atoms with Crippen molar-refractivity contribution in [3.05, 3.63) is 0 Å². The molecule has 0 aromatic rings. The number of nitrogens with two attached hydrogens (primary N) is 2. The predicted molar refractivity (Wildman–Crippen MR) is 70.5 cm³/mol. The van der Waals surface area contributed by atoms with Crippen molar-refractivity contribution in [2.45, 2.75) is 69.9 Å². The van der Waals surface area contributed by atoms with Crippen LogP contribution in [0.3, 0.4) is 0 Å². The zero-order valence-corrected chi connectivity index (χ0v) is 11.0. The summed E-state index contributed by atoms with van der Waals surface area (Å²) in [5.74, 6) is 0.00348. The summed E-state index contributed by atoms with van der Waals surface area (Å²) in [6.45, 7) is 2.64. The summed E-state index contributed by atoms with van der Waals surface area (Å²) in [7, 11) is 0. The Labute approximate surface area is 105 Å². The third-order valence-corrected chi connectivity index (χ3v) is 3.72. The van der Waals surface area contributed by atoms with Crippen LogP contribution < -0.4 is 16.8 Å². The zero-order chi connectivity index (χ0) is 12.7. The molecule has 1 unspecified atom stereocenters. The highest BCUT2D eigenvalue weighted by atomic mass is 16.2. The Balaban J connectivity index is 2.45. The number of carbonyl (C=O) groups excluding carboxylic acids is 1. The van der Waals surface area contributed by atoms with Gasteiger partial charge < -0.3 is 16.8 Å². The average Bonchev–Trinajstić information content (AvgIpc) is 2.35. The van der Waals surface area contributed by atoms with Crippen molar-refractivity contribution in [3.63, 3.8) is 0 Å². The first kappa shape index (κ1) is 14.5. The van der Waals surface area contributed by atoms with Gasteiger partial charge in [0.1, 0.15) is 0 Å². The lowest BCUT2D eigenvalue weighted by atomic mass is 9.81. The lowest BCUT2D eigenvalue weighted by molar-refractivity contribution is -0.128. The summed E-state index contributed by atoms with van der Waals surface area (Å²) in [4.78, 5) is 12.2. The topological polar surface area (TPSA) is 81.1 Å². The van der Waals surface area contributed by atoms with E-state index in [9.17, 15) is 4.79 Å². The number of nitrogens with one attached hydrogen (secondary N) is 1. The van der Waals surface area contributed by atoms with Gasteiger partial charge in [-0.05, 0) is 19.3 Å². The first-order valence-electron chi connectivity index (χ1n) is 6.92. The third-order valence-electron chi connectivity index (χ3n) is 3.72. The van der Waals surface area contributed by atoms with Gasteiger partial charge >= 0.3 is 0 Å². The quantitative estimate of drug-likeness (QED) is 0.655. The van der Waals surface area contributed by atoms with Crippen molar-refractivity contribution in [1.82, 2.24) is 5.32 Å². The number of hydrogen-bond donors (Lipinski definition) is 3. The number of hydrogen-bond acceptors (Lipinski definition) is 3. The Morgan fingerprint density at radius 2 is 2.00 bits per heavy atom. The highest BCUT2D eigenvalue weighted by Crippen LogP contribution is 2.26.